The van der Waals surface area contributed by atoms with E-state index in [2.05, 4.69) is 30.2 Å². The Morgan fingerprint density at radius 2 is 1.92 bits per heavy atom. The predicted molar refractivity (Wildman–Crippen MR) is 56.6 cm³/mol. The van der Waals surface area contributed by atoms with Gasteiger partial charge in [0.25, 0.3) is 0 Å². The Balaban J connectivity index is 2.84. The number of terminal acetylenes is 1. The lowest BCUT2D eigenvalue weighted by atomic mass is 9.87. The first-order valence-electron chi connectivity index (χ1n) is 4.98. The maximum absolute atomic E-state index is 5.55. The van der Waals surface area contributed by atoms with Crippen LogP contribution in [0.3, 0.4) is 0 Å². The van der Waals surface area contributed by atoms with E-state index < -0.39 is 0 Å². The highest BCUT2D eigenvalue weighted by Crippen LogP contribution is 2.36. The first kappa shape index (κ1) is 10.6. The van der Waals surface area contributed by atoms with Crippen LogP contribution in [0.1, 0.15) is 25.7 Å². The SMILES string of the molecule is C#CC(NC)C1(N(C)C)CCCC1. The molecule has 1 aliphatic carbocycles. The molecule has 1 N–H and O–H groups in total. The van der Waals surface area contributed by atoms with Crippen LogP contribution in [0.25, 0.3) is 0 Å². The van der Waals surface area contributed by atoms with E-state index in [9.17, 15) is 0 Å². The molecule has 0 bridgehead atoms. The third-order valence-electron chi connectivity index (χ3n) is 3.35. The average Bonchev–Trinajstić information content (AvgIpc) is 2.56. The summed E-state index contributed by atoms with van der Waals surface area (Å²) in [7, 11) is 6.22. The number of rotatable bonds is 3. The summed E-state index contributed by atoms with van der Waals surface area (Å²) in [5.74, 6) is 2.86. The molecule has 1 unspecified atom stereocenters. The highest BCUT2D eigenvalue weighted by Gasteiger charge is 2.41. The largest absolute Gasteiger partial charge is 0.305 e. The van der Waals surface area contributed by atoms with Gasteiger partial charge in [-0.15, -0.1) is 6.42 Å². The third-order valence-corrected chi connectivity index (χ3v) is 3.35. The highest BCUT2D eigenvalue weighted by atomic mass is 15.2. The van der Waals surface area contributed by atoms with Gasteiger partial charge >= 0.3 is 0 Å². The molecule has 0 aromatic heterocycles. The molecule has 2 heteroatoms. The molecule has 0 aliphatic heterocycles. The molecule has 0 aromatic carbocycles. The molecule has 0 heterocycles. The smallest absolute Gasteiger partial charge is 0.0870 e. The minimum Gasteiger partial charge on any atom is -0.305 e. The second kappa shape index (κ2) is 4.13. The van der Waals surface area contributed by atoms with Gasteiger partial charge < -0.3 is 10.2 Å². The van der Waals surface area contributed by atoms with Crippen molar-refractivity contribution in [3.63, 3.8) is 0 Å². The van der Waals surface area contributed by atoms with Crippen molar-refractivity contribution in [3.05, 3.63) is 0 Å². The summed E-state index contributed by atoms with van der Waals surface area (Å²) in [6.07, 6.45) is 10.6. The summed E-state index contributed by atoms with van der Waals surface area (Å²) in [6.45, 7) is 0. The van der Waals surface area contributed by atoms with Gasteiger partial charge in [-0.2, -0.15) is 0 Å². The molecule has 13 heavy (non-hydrogen) atoms. The molecule has 2 nitrogen and oxygen atoms in total. The van der Waals surface area contributed by atoms with Gasteiger partial charge in [0.05, 0.1) is 6.04 Å². The zero-order chi connectivity index (χ0) is 9.90. The Hall–Kier alpha value is -0.520. The van der Waals surface area contributed by atoms with Crippen LogP contribution in [0.4, 0.5) is 0 Å². The maximum Gasteiger partial charge on any atom is 0.0870 e. The van der Waals surface area contributed by atoms with Crippen molar-refractivity contribution in [1.29, 1.82) is 0 Å². The number of nitrogens with zero attached hydrogens (tertiary/aromatic N) is 1. The standard InChI is InChI=1S/C11H20N2/c1-5-10(12-2)11(13(3)4)8-6-7-9-11/h1,10,12H,6-9H2,2-4H3. The lowest BCUT2D eigenvalue weighted by molar-refractivity contribution is 0.132. The molecule has 0 spiro atoms. The van der Waals surface area contributed by atoms with Crippen molar-refractivity contribution in [2.75, 3.05) is 21.1 Å². The van der Waals surface area contributed by atoms with Crippen molar-refractivity contribution in [2.24, 2.45) is 0 Å². The molecular formula is C11H20N2. The second-order valence-electron chi connectivity index (χ2n) is 4.09. The van der Waals surface area contributed by atoms with Crippen LogP contribution in [0.5, 0.6) is 0 Å². The molecule has 1 saturated carbocycles. The summed E-state index contributed by atoms with van der Waals surface area (Å²) < 4.78 is 0. The fourth-order valence-corrected chi connectivity index (χ4v) is 2.49. The Bertz CT molecular complexity index is 197. The van der Waals surface area contributed by atoms with Crippen LogP contribution >= 0.6 is 0 Å². The second-order valence-corrected chi connectivity index (χ2v) is 4.09. The van der Waals surface area contributed by atoms with E-state index in [1.54, 1.807) is 0 Å². The van der Waals surface area contributed by atoms with Crippen LogP contribution in [0.15, 0.2) is 0 Å². The molecule has 0 saturated heterocycles. The maximum atomic E-state index is 5.55. The van der Waals surface area contributed by atoms with Gasteiger partial charge in [-0.05, 0) is 34.0 Å². The molecule has 1 atom stereocenters. The van der Waals surface area contributed by atoms with Gasteiger partial charge in [-0.1, -0.05) is 18.8 Å². The van der Waals surface area contributed by atoms with Gasteiger partial charge in [0.2, 0.25) is 0 Å². The number of hydrogen-bond donors (Lipinski definition) is 1. The van der Waals surface area contributed by atoms with Crippen molar-refractivity contribution in [2.45, 2.75) is 37.3 Å². The molecule has 1 fully saturated rings. The van der Waals surface area contributed by atoms with Crippen LogP contribution in [-0.2, 0) is 0 Å². The fourth-order valence-electron chi connectivity index (χ4n) is 2.49. The van der Waals surface area contributed by atoms with E-state index in [-0.39, 0.29) is 11.6 Å². The van der Waals surface area contributed by atoms with E-state index in [1.165, 1.54) is 25.7 Å². The monoisotopic (exact) mass is 180 g/mol. The van der Waals surface area contributed by atoms with Gasteiger partial charge in [0.1, 0.15) is 0 Å². The van der Waals surface area contributed by atoms with Crippen LogP contribution in [-0.4, -0.2) is 37.6 Å². The van der Waals surface area contributed by atoms with E-state index in [1.807, 2.05) is 7.05 Å². The van der Waals surface area contributed by atoms with E-state index >= 15 is 0 Å². The fraction of sp³-hybridized carbons (Fsp3) is 0.818. The third kappa shape index (κ3) is 1.72. The quantitative estimate of drug-likeness (QED) is 0.654. The van der Waals surface area contributed by atoms with E-state index in [0.717, 1.165) is 0 Å². The molecule has 0 aromatic rings. The predicted octanol–water partition coefficient (Wildman–Crippen LogP) is 1.08. The van der Waals surface area contributed by atoms with Gasteiger partial charge in [-0.3, -0.25) is 0 Å². The van der Waals surface area contributed by atoms with E-state index in [0.29, 0.717) is 0 Å². The van der Waals surface area contributed by atoms with Crippen molar-refractivity contribution >= 4 is 0 Å². The Morgan fingerprint density at radius 3 is 2.23 bits per heavy atom. The van der Waals surface area contributed by atoms with Crippen molar-refractivity contribution in [3.8, 4) is 12.3 Å². The first-order chi connectivity index (χ1) is 6.17. The van der Waals surface area contributed by atoms with Crippen molar-refractivity contribution in [1.82, 2.24) is 10.2 Å². The Kier molecular flexibility index (Phi) is 3.35. The zero-order valence-electron chi connectivity index (χ0n) is 8.93. The minimum atomic E-state index is 0.185. The molecule has 1 rings (SSSR count). The zero-order valence-corrected chi connectivity index (χ0v) is 8.93. The summed E-state index contributed by atoms with van der Waals surface area (Å²) in [5.41, 5.74) is 0.198. The molecule has 0 amide bonds. The van der Waals surface area contributed by atoms with Crippen LogP contribution in [0.2, 0.25) is 0 Å². The summed E-state index contributed by atoms with van der Waals surface area (Å²) in [5, 5.41) is 3.24. The lowest BCUT2D eigenvalue weighted by Gasteiger charge is -2.40. The Labute approximate surface area is 81.7 Å². The van der Waals surface area contributed by atoms with Gasteiger partial charge in [-0.25, -0.2) is 0 Å². The average molecular weight is 180 g/mol. The normalized spacial score (nSPS) is 23.0. The van der Waals surface area contributed by atoms with Gasteiger partial charge in [0.15, 0.2) is 0 Å². The summed E-state index contributed by atoms with van der Waals surface area (Å²) >= 11 is 0. The molecule has 74 valence electrons. The van der Waals surface area contributed by atoms with Crippen LogP contribution in [0, 0.1) is 12.3 Å². The van der Waals surface area contributed by atoms with Gasteiger partial charge in [0, 0.05) is 5.54 Å². The number of nitrogens with one attached hydrogen (secondary N) is 1. The molecular weight excluding hydrogens is 160 g/mol. The highest BCUT2D eigenvalue weighted by molar-refractivity contribution is 5.14. The van der Waals surface area contributed by atoms with Crippen molar-refractivity contribution < 1.29 is 0 Å². The van der Waals surface area contributed by atoms with Crippen LogP contribution < -0.4 is 5.32 Å². The minimum absolute atomic E-state index is 0.185. The lowest BCUT2D eigenvalue weighted by Crippen LogP contribution is -2.56. The summed E-state index contributed by atoms with van der Waals surface area (Å²) in [4.78, 5) is 2.29. The molecule has 0 radical (unpaired) electrons. The first-order valence-corrected chi connectivity index (χ1v) is 4.98. The van der Waals surface area contributed by atoms with E-state index in [4.69, 9.17) is 6.42 Å². The summed E-state index contributed by atoms with van der Waals surface area (Å²) in [6, 6.07) is 0.185. The number of hydrogen-bond acceptors (Lipinski definition) is 2. The number of likely N-dealkylation sites (N-methyl/N-ethyl adjacent to an activating group) is 2. The Morgan fingerprint density at radius 1 is 1.38 bits per heavy atom. The molecule has 1 aliphatic rings. The topological polar surface area (TPSA) is 15.3 Å².